The highest BCUT2D eigenvalue weighted by molar-refractivity contribution is 5.85. The monoisotopic (exact) mass is 249 g/mol. The summed E-state index contributed by atoms with van der Waals surface area (Å²) in [5, 5.41) is 3.70. The minimum atomic E-state index is 0. The summed E-state index contributed by atoms with van der Waals surface area (Å²) in [7, 11) is 0. The van der Waals surface area contributed by atoms with Crippen LogP contribution in [0.1, 0.15) is 79.1 Å². The van der Waals surface area contributed by atoms with Crippen LogP contribution >= 0.6 is 12.4 Å². The molecule has 1 nitrogen and oxygen atoms in total. The van der Waals surface area contributed by atoms with Gasteiger partial charge in [0.15, 0.2) is 0 Å². The van der Waals surface area contributed by atoms with E-state index in [9.17, 15) is 0 Å². The van der Waals surface area contributed by atoms with Crippen molar-refractivity contribution in [3.8, 4) is 0 Å². The molecule has 2 heteroatoms. The van der Waals surface area contributed by atoms with Crippen molar-refractivity contribution in [2.45, 2.75) is 91.1 Å². The van der Waals surface area contributed by atoms with Crippen molar-refractivity contribution in [3.63, 3.8) is 0 Å². The molecule has 2 atom stereocenters. The normalized spacial score (nSPS) is 14.2. The molecule has 0 aliphatic heterocycles. The molecule has 2 unspecified atom stereocenters. The molecule has 0 aliphatic carbocycles. The van der Waals surface area contributed by atoms with Gasteiger partial charge in [-0.25, -0.2) is 0 Å². The molecule has 0 spiro atoms. The number of nitrogens with one attached hydrogen (secondary N) is 1. The van der Waals surface area contributed by atoms with Crippen molar-refractivity contribution in [2.75, 3.05) is 0 Å². The fraction of sp³-hybridized carbons (Fsp3) is 1.00. The van der Waals surface area contributed by atoms with Crippen LogP contribution in [0.4, 0.5) is 0 Å². The average molecular weight is 250 g/mol. The zero-order valence-corrected chi connectivity index (χ0v) is 12.5. The quantitative estimate of drug-likeness (QED) is 0.541. The zero-order valence-electron chi connectivity index (χ0n) is 11.7. The maximum absolute atomic E-state index is 3.70. The Morgan fingerprint density at radius 2 is 1.12 bits per heavy atom. The van der Waals surface area contributed by atoms with Crippen molar-refractivity contribution in [1.82, 2.24) is 5.32 Å². The fourth-order valence-corrected chi connectivity index (χ4v) is 2.05. The molecule has 0 saturated carbocycles. The van der Waals surface area contributed by atoms with Gasteiger partial charge in [-0.2, -0.15) is 0 Å². The van der Waals surface area contributed by atoms with Gasteiger partial charge in [0.05, 0.1) is 0 Å². The van der Waals surface area contributed by atoms with E-state index in [-0.39, 0.29) is 12.4 Å². The van der Waals surface area contributed by atoms with Gasteiger partial charge in [-0.3, -0.25) is 0 Å². The lowest BCUT2D eigenvalue weighted by Crippen LogP contribution is -2.34. The van der Waals surface area contributed by atoms with Gasteiger partial charge in [-0.15, -0.1) is 12.4 Å². The molecule has 0 amide bonds. The Balaban J connectivity index is 0. The van der Waals surface area contributed by atoms with Gasteiger partial charge in [0.25, 0.3) is 0 Å². The Morgan fingerprint density at radius 3 is 1.44 bits per heavy atom. The Morgan fingerprint density at radius 1 is 0.750 bits per heavy atom. The van der Waals surface area contributed by atoms with Gasteiger partial charge in [0.2, 0.25) is 0 Å². The third kappa shape index (κ3) is 12.3. The van der Waals surface area contributed by atoms with Gasteiger partial charge < -0.3 is 5.32 Å². The summed E-state index contributed by atoms with van der Waals surface area (Å²) >= 11 is 0. The Hall–Kier alpha value is 0.250. The molecule has 0 aromatic rings. The molecule has 16 heavy (non-hydrogen) atoms. The molecular weight excluding hydrogens is 218 g/mol. The molecule has 0 aromatic heterocycles. The van der Waals surface area contributed by atoms with Gasteiger partial charge in [0.1, 0.15) is 0 Å². The predicted molar refractivity (Wildman–Crippen MR) is 77.6 cm³/mol. The van der Waals surface area contributed by atoms with Crippen molar-refractivity contribution >= 4 is 12.4 Å². The summed E-state index contributed by atoms with van der Waals surface area (Å²) in [4.78, 5) is 0. The van der Waals surface area contributed by atoms with E-state index in [2.05, 4.69) is 33.0 Å². The molecule has 1 N–H and O–H groups in total. The lowest BCUT2D eigenvalue weighted by Gasteiger charge is -2.19. The molecule has 0 rings (SSSR count). The van der Waals surface area contributed by atoms with E-state index in [0.29, 0.717) is 12.1 Å². The molecule has 0 bridgehead atoms. The maximum Gasteiger partial charge on any atom is 0.00412 e. The van der Waals surface area contributed by atoms with Crippen LogP contribution in [0.25, 0.3) is 0 Å². The lowest BCUT2D eigenvalue weighted by molar-refractivity contribution is 0.407. The first-order chi connectivity index (χ1) is 7.20. The van der Waals surface area contributed by atoms with E-state index in [1.54, 1.807) is 0 Å². The predicted octanol–water partition coefficient (Wildman–Crippen LogP) is 4.94. The summed E-state index contributed by atoms with van der Waals surface area (Å²) in [5.41, 5.74) is 0. The SMILES string of the molecule is CCCCCC(C)NC(C)CCCCC.Cl. The standard InChI is InChI=1S/C14H31N.ClH/c1-5-7-9-11-13(3)15-14(4)12-10-8-6-2;/h13-15H,5-12H2,1-4H3;1H. The van der Waals surface area contributed by atoms with E-state index >= 15 is 0 Å². The number of hydrogen-bond donors (Lipinski definition) is 1. The van der Waals surface area contributed by atoms with Crippen LogP contribution in [-0.2, 0) is 0 Å². The van der Waals surface area contributed by atoms with Gasteiger partial charge in [-0.1, -0.05) is 52.4 Å². The van der Waals surface area contributed by atoms with E-state index in [1.807, 2.05) is 0 Å². The molecule has 100 valence electrons. The first-order valence-electron chi connectivity index (χ1n) is 6.96. The summed E-state index contributed by atoms with van der Waals surface area (Å²) in [6.07, 6.45) is 10.9. The van der Waals surface area contributed by atoms with Gasteiger partial charge in [0, 0.05) is 12.1 Å². The van der Waals surface area contributed by atoms with Crippen LogP contribution in [0, 0.1) is 0 Å². The molecule has 0 aliphatic rings. The first kappa shape index (κ1) is 18.6. The summed E-state index contributed by atoms with van der Waals surface area (Å²) < 4.78 is 0. The molecule has 0 heterocycles. The van der Waals surface area contributed by atoms with E-state index in [1.165, 1.54) is 51.4 Å². The van der Waals surface area contributed by atoms with Crippen LogP contribution in [0.2, 0.25) is 0 Å². The fourth-order valence-electron chi connectivity index (χ4n) is 2.05. The molecular formula is C14H32ClN. The summed E-state index contributed by atoms with van der Waals surface area (Å²) in [6, 6.07) is 1.40. The summed E-state index contributed by atoms with van der Waals surface area (Å²) in [5.74, 6) is 0. The van der Waals surface area contributed by atoms with Crippen molar-refractivity contribution in [2.24, 2.45) is 0 Å². The Bertz CT molecular complexity index is 114. The third-order valence-electron chi connectivity index (χ3n) is 3.05. The highest BCUT2D eigenvalue weighted by atomic mass is 35.5. The van der Waals surface area contributed by atoms with Crippen LogP contribution in [0.15, 0.2) is 0 Å². The lowest BCUT2D eigenvalue weighted by atomic mass is 10.1. The summed E-state index contributed by atoms with van der Waals surface area (Å²) in [6.45, 7) is 9.19. The van der Waals surface area contributed by atoms with Gasteiger partial charge in [-0.05, 0) is 26.7 Å². The second-order valence-electron chi connectivity index (χ2n) is 4.96. The largest absolute Gasteiger partial charge is 0.312 e. The van der Waals surface area contributed by atoms with Crippen LogP contribution in [0.5, 0.6) is 0 Å². The van der Waals surface area contributed by atoms with E-state index < -0.39 is 0 Å². The van der Waals surface area contributed by atoms with Crippen LogP contribution in [-0.4, -0.2) is 12.1 Å². The minimum Gasteiger partial charge on any atom is -0.312 e. The Labute approximate surface area is 109 Å². The van der Waals surface area contributed by atoms with Crippen LogP contribution < -0.4 is 5.32 Å². The van der Waals surface area contributed by atoms with Crippen molar-refractivity contribution < 1.29 is 0 Å². The van der Waals surface area contributed by atoms with Crippen molar-refractivity contribution in [1.29, 1.82) is 0 Å². The third-order valence-corrected chi connectivity index (χ3v) is 3.05. The highest BCUT2D eigenvalue weighted by Crippen LogP contribution is 2.07. The minimum absolute atomic E-state index is 0. The topological polar surface area (TPSA) is 12.0 Å². The van der Waals surface area contributed by atoms with E-state index in [4.69, 9.17) is 0 Å². The number of halogens is 1. The first-order valence-corrected chi connectivity index (χ1v) is 6.96. The number of rotatable bonds is 10. The Kier molecular flexibility index (Phi) is 15.5. The molecule has 0 saturated heterocycles. The molecule has 0 radical (unpaired) electrons. The zero-order chi connectivity index (χ0) is 11.5. The highest BCUT2D eigenvalue weighted by Gasteiger charge is 2.06. The molecule has 0 fully saturated rings. The number of unbranched alkanes of at least 4 members (excludes halogenated alkanes) is 4. The van der Waals surface area contributed by atoms with Crippen molar-refractivity contribution in [3.05, 3.63) is 0 Å². The smallest absolute Gasteiger partial charge is 0.00412 e. The number of hydrogen-bond acceptors (Lipinski definition) is 1. The maximum atomic E-state index is 3.70. The van der Waals surface area contributed by atoms with Crippen LogP contribution in [0.3, 0.4) is 0 Å². The average Bonchev–Trinajstić information content (AvgIpc) is 2.18. The second-order valence-corrected chi connectivity index (χ2v) is 4.96. The molecule has 0 aromatic carbocycles. The second kappa shape index (κ2) is 13.3. The van der Waals surface area contributed by atoms with Gasteiger partial charge >= 0.3 is 0 Å². The van der Waals surface area contributed by atoms with E-state index in [0.717, 1.165) is 0 Å².